The van der Waals surface area contributed by atoms with Crippen molar-refractivity contribution >= 4 is 0 Å². The quantitative estimate of drug-likeness (QED) is 0.729. The third-order valence-corrected chi connectivity index (χ3v) is 3.47. The summed E-state index contributed by atoms with van der Waals surface area (Å²) in [6, 6.07) is 17.1. The van der Waals surface area contributed by atoms with E-state index < -0.39 is 11.7 Å². The van der Waals surface area contributed by atoms with Gasteiger partial charge < -0.3 is 4.98 Å². The fourth-order valence-corrected chi connectivity index (χ4v) is 2.33. The Kier molecular flexibility index (Phi) is 3.78. The molecule has 0 saturated carbocycles. The van der Waals surface area contributed by atoms with Gasteiger partial charge in [0.25, 0.3) is 0 Å². The van der Waals surface area contributed by atoms with Crippen LogP contribution >= 0.6 is 0 Å². The van der Waals surface area contributed by atoms with Gasteiger partial charge in [0.05, 0.1) is 5.56 Å². The number of pyridine rings is 1. The maximum absolute atomic E-state index is 12.6. The van der Waals surface area contributed by atoms with Crippen LogP contribution in [0, 0.1) is 0 Å². The molecule has 2 nitrogen and oxygen atoms in total. The molecule has 5 heteroatoms. The Morgan fingerprint density at radius 3 is 2.00 bits per heavy atom. The molecule has 0 radical (unpaired) electrons. The van der Waals surface area contributed by atoms with Gasteiger partial charge in [-0.2, -0.15) is 13.2 Å². The van der Waals surface area contributed by atoms with Gasteiger partial charge in [-0.25, -0.2) is 0 Å². The van der Waals surface area contributed by atoms with Crippen LogP contribution in [0.5, 0.6) is 0 Å². The van der Waals surface area contributed by atoms with Crippen molar-refractivity contribution in [3.8, 4) is 22.4 Å². The van der Waals surface area contributed by atoms with E-state index in [4.69, 9.17) is 0 Å². The number of rotatable bonds is 2. The molecule has 0 aliphatic rings. The average Bonchev–Trinajstić information content (AvgIpc) is 2.54. The van der Waals surface area contributed by atoms with Crippen molar-refractivity contribution in [3.63, 3.8) is 0 Å². The number of alkyl halides is 3. The SMILES string of the molecule is O=c1cc(-c2ccc(C(F)(F)F)cc2)cc(-c2ccccc2)[nH]1. The Labute approximate surface area is 130 Å². The standard InChI is InChI=1S/C18H12F3NO/c19-18(20,21)15-8-6-12(7-9-15)14-10-16(22-17(23)11-14)13-4-2-1-3-5-13/h1-11H,(H,22,23). The summed E-state index contributed by atoms with van der Waals surface area (Å²) < 4.78 is 37.8. The molecule has 1 N–H and O–H groups in total. The van der Waals surface area contributed by atoms with Gasteiger partial charge in [0.1, 0.15) is 0 Å². The zero-order valence-electron chi connectivity index (χ0n) is 11.9. The van der Waals surface area contributed by atoms with Crippen molar-refractivity contribution in [2.75, 3.05) is 0 Å². The van der Waals surface area contributed by atoms with Crippen LogP contribution in [0.2, 0.25) is 0 Å². The topological polar surface area (TPSA) is 32.9 Å². The average molecular weight is 315 g/mol. The monoisotopic (exact) mass is 315 g/mol. The highest BCUT2D eigenvalue weighted by Crippen LogP contribution is 2.31. The van der Waals surface area contributed by atoms with E-state index in [1.807, 2.05) is 30.3 Å². The highest BCUT2D eigenvalue weighted by atomic mass is 19.4. The van der Waals surface area contributed by atoms with Gasteiger partial charge in [-0.1, -0.05) is 42.5 Å². The van der Waals surface area contributed by atoms with E-state index in [1.165, 1.54) is 18.2 Å². The molecule has 23 heavy (non-hydrogen) atoms. The van der Waals surface area contributed by atoms with E-state index in [2.05, 4.69) is 4.98 Å². The Morgan fingerprint density at radius 2 is 1.39 bits per heavy atom. The lowest BCUT2D eigenvalue weighted by Gasteiger charge is -2.09. The number of nitrogens with one attached hydrogen (secondary N) is 1. The van der Waals surface area contributed by atoms with E-state index >= 15 is 0 Å². The summed E-state index contributed by atoms with van der Waals surface area (Å²) in [5, 5.41) is 0. The van der Waals surface area contributed by atoms with Gasteiger partial charge in [0, 0.05) is 11.8 Å². The van der Waals surface area contributed by atoms with E-state index in [-0.39, 0.29) is 5.56 Å². The van der Waals surface area contributed by atoms with Crippen LogP contribution in [-0.2, 0) is 6.18 Å². The minimum Gasteiger partial charge on any atom is -0.322 e. The number of benzene rings is 2. The number of aromatic amines is 1. The number of halogens is 3. The van der Waals surface area contributed by atoms with E-state index in [9.17, 15) is 18.0 Å². The molecule has 0 saturated heterocycles. The zero-order chi connectivity index (χ0) is 16.4. The Morgan fingerprint density at radius 1 is 0.739 bits per heavy atom. The highest BCUT2D eigenvalue weighted by Gasteiger charge is 2.29. The Balaban J connectivity index is 2.04. The molecule has 0 fully saturated rings. The molecule has 3 aromatic rings. The zero-order valence-corrected chi connectivity index (χ0v) is 11.9. The molecule has 0 bridgehead atoms. The fourth-order valence-electron chi connectivity index (χ4n) is 2.33. The fraction of sp³-hybridized carbons (Fsp3) is 0.0556. The number of H-pyrrole nitrogens is 1. The predicted octanol–water partition coefficient (Wildman–Crippen LogP) is 4.73. The smallest absolute Gasteiger partial charge is 0.322 e. The van der Waals surface area contributed by atoms with Crippen LogP contribution in [-0.4, -0.2) is 4.98 Å². The van der Waals surface area contributed by atoms with Crippen molar-refractivity contribution in [1.82, 2.24) is 4.98 Å². The number of hydrogen-bond acceptors (Lipinski definition) is 1. The molecule has 0 aliphatic carbocycles. The first-order valence-corrected chi connectivity index (χ1v) is 6.91. The molecular weight excluding hydrogens is 303 g/mol. The lowest BCUT2D eigenvalue weighted by molar-refractivity contribution is -0.137. The molecule has 116 valence electrons. The maximum atomic E-state index is 12.6. The van der Waals surface area contributed by atoms with Crippen LogP contribution < -0.4 is 5.56 Å². The second-order valence-electron chi connectivity index (χ2n) is 5.09. The van der Waals surface area contributed by atoms with Crippen molar-refractivity contribution in [2.45, 2.75) is 6.18 Å². The molecular formula is C18H12F3NO. The first-order chi connectivity index (χ1) is 10.9. The molecule has 1 heterocycles. The number of aromatic nitrogens is 1. The van der Waals surface area contributed by atoms with Crippen LogP contribution in [0.4, 0.5) is 13.2 Å². The Hall–Kier alpha value is -2.82. The maximum Gasteiger partial charge on any atom is 0.416 e. The molecule has 0 aliphatic heterocycles. The van der Waals surface area contributed by atoms with E-state index in [0.29, 0.717) is 16.8 Å². The van der Waals surface area contributed by atoms with Crippen molar-refractivity contribution in [1.29, 1.82) is 0 Å². The lowest BCUT2D eigenvalue weighted by Crippen LogP contribution is -2.06. The van der Waals surface area contributed by atoms with Crippen molar-refractivity contribution < 1.29 is 13.2 Å². The van der Waals surface area contributed by atoms with Crippen LogP contribution in [0.1, 0.15) is 5.56 Å². The molecule has 0 atom stereocenters. The summed E-state index contributed by atoms with van der Waals surface area (Å²) in [7, 11) is 0. The van der Waals surface area contributed by atoms with Crippen LogP contribution in [0.25, 0.3) is 22.4 Å². The first-order valence-electron chi connectivity index (χ1n) is 6.91. The Bertz CT molecular complexity index is 865. The van der Waals surface area contributed by atoms with E-state index in [1.54, 1.807) is 6.07 Å². The van der Waals surface area contributed by atoms with Crippen LogP contribution in [0.15, 0.2) is 71.5 Å². The summed E-state index contributed by atoms with van der Waals surface area (Å²) in [6.07, 6.45) is -4.37. The van der Waals surface area contributed by atoms with Crippen molar-refractivity contribution in [3.05, 3.63) is 82.6 Å². The molecule has 3 rings (SSSR count). The summed E-state index contributed by atoms with van der Waals surface area (Å²) in [5.74, 6) is 0. The van der Waals surface area contributed by atoms with Gasteiger partial charge in [-0.05, 0) is 34.9 Å². The van der Waals surface area contributed by atoms with Gasteiger partial charge in [0.2, 0.25) is 5.56 Å². The molecule has 0 spiro atoms. The lowest BCUT2D eigenvalue weighted by atomic mass is 10.0. The minimum absolute atomic E-state index is 0.304. The van der Waals surface area contributed by atoms with Gasteiger partial charge in [-0.3, -0.25) is 4.79 Å². The van der Waals surface area contributed by atoms with Gasteiger partial charge in [-0.15, -0.1) is 0 Å². The normalized spacial score (nSPS) is 11.4. The highest BCUT2D eigenvalue weighted by molar-refractivity contribution is 5.70. The molecule has 0 unspecified atom stereocenters. The third-order valence-electron chi connectivity index (χ3n) is 3.47. The van der Waals surface area contributed by atoms with Crippen molar-refractivity contribution in [2.24, 2.45) is 0 Å². The molecule has 0 amide bonds. The second kappa shape index (κ2) is 5.76. The second-order valence-corrected chi connectivity index (χ2v) is 5.09. The summed E-state index contributed by atoms with van der Waals surface area (Å²) in [4.78, 5) is 14.6. The largest absolute Gasteiger partial charge is 0.416 e. The minimum atomic E-state index is -4.37. The molecule has 2 aromatic carbocycles. The summed E-state index contributed by atoms with van der Waals surface area (Å²) in [6.45, 7) is 0. The first kappa shape index (κ1) is 15.1. The summed E-state index contributed by atoms with van der Waals surface area (Å²) in [5.41, 5.74) is 1.56. The van der Waals surface area contributed by atoms with Crippen LogP contribution in [0.3, 0.4) is 0 Å². The number of hydrogen-bond donors (Lipinski definition) is 1. The predicted molar refractivity (Wildman–Crippen MR) is 82.9 cm³/mol. The van der Waals surface area contributed by atoms with Gasteiger partial charge >= 0.3 is 6.18 Å². The van der Waals surface area contributed by atoms with E-state index in [0.717, 1.165) is 17.7 Å². The molecule has 1 aromatic heterocycles. The van der Waals surface area contributed by atoms with Gasteiger partial charge in [0.15, 0.2) is 0 Å². The summed E-state index contributed by atoms with van der Waals surface area (Å²) >= 11 is 0. The third kappa shape index (κ3) is 3.34.